The van der Waals surface area contributed by atoms with E-state index in [1.807, 2.05) is 18.9 Å². The van der Waals surface area contributed by atoms with Crippen LogP contribution in [-0.2, 0) is 0 Å². The van der Waals surface area contributed by atoms with Gasteiger partial charge in [0.25, 0.3) is 0 Å². The van der Waals surface area contributed by atoms with Crippen LogP contribution in [0.2, 0.25) is 0 Å². The maximum Gasteiger partial charge on any atom is 0.169 e. The lowest BCUT2D eigenvalue weighted by molar-refractivity contribution is 0.114. The van der Waals surface area contributed by atoms with Gasteiger partial charge in [-0.1, -0.05) is 0 Å². The first-order chi connectivity index (χ1) is 14.7. The summed E-state index contributed by atoms with van der Waals surface area (Å²) in [6.07, 6.45) is 1.68. The zero-order valence-electron chi connectivity index (χ0n) is 19.6. The number of aryl methyl sites for hydroxylation is 2. The maximum absolute atomic E-state index is 14.9. The van der Waals surface area contributed by atoms with E-state index in [0.29, 0.717) is 10.6 Å². The smallest absolute Gasteiger partial charge is 0.169 e. The molecule has 1 aromatic carbocycles. The fourth-order valence-corrected chi connectivity index (χ4v) is 6.31. The van der Waals surface area contributed by atoms with Crippen molar-refractivity contribution in [2.75, 3.05) is 7.05 Å². The first-order valence-electron chi connectivity index (χ1n) is 10.5. The van der Waals surface area contributed by atoms with E-state index in [1.54, 1.807) is 6.92 Å². The highest BCUT2D eigenvalue weighted by Crippen LogP contribution is 2.35. The van der Waals surface area contributed by atoms with Crippen LogP contribution in [0.15, 0.2) is 12.1 Å². The van der Waals surface area contributed by atoms with Crippen molar-refractivity contribution in [2.45, 2.75) is 71.5 Å². The topological polar surface area (TPSA) is 75.9 Å². The van der Waals surface area contributed by atoms with Crippen LogP contribution >= 0.6 is 23.1 Å². The number of thiazole rings is 1. The summed E-state index contributed by atoms with van der Waals surface area (Å²) >= 11 is 2.15. The minimum Gasteiger partial charge on any atom is -0.351 e. The Morgan fingerprint density at radius 2 is 1.72 bits per heavy atom. The lowest BCUT2D eigenvalue weighted by atomic mass is 9.79. The molecule has 0 bridgehead atoms. The van der Waals surface area contributed by atoms with Gasteiger partial charge in [-0.15, -0.1) is 11.3 Å². The number of nitrogens with zero attached hydrogens (tertiary/aromatic N) is 2. The van der Waals surface area contributed by atoms with Crippen LogP contribution in [0.3, 0.4) is 0 Å². The molecule has 0 atom stereocenters. The largest absolute Gasteiger partial charge is 0.351 e. The molecule has 0 radical (unpaired) electrons. The molecule has 1 aliphatic rings. The van der Waals surface area contributed by atoms with Crippen molar-refractivity contribution in [2.24, 2.45) is 0 Å². The first-order valence-corrected chi connectivity index (χ1v) is 12.1. The van der Waals surface area contributed by atoms with E-state index in [2.05, 4.69) is 38.0 Å². The number of aromatic nitrogens is 1. The summed E-state index contributed by atoms with van der Waals surface area (Å²) in [5.41, 5.74) is 0.492. The van der Waals surface area contributed by atoms with Crippen molar-refractivity contribution in [3.8, 4) is 10.4 Å². The Labute approximate surface area is 197 Å². The number of amidine groups is 1. The van der Waals surface area contributed by atoms with Crippen molar-refractivity contribution in [1.82, 2.24) is 15.2 Å². The lowest BCUT2D eigenvalue weighted by Crippen LogP contribution is -2.62. The average molecular weight is 480 g/mol. The quantitative estimate of drug-likeness (QED) is 0.376. The Hall–Kier alpha value is -1.84. The van der Waals surface area contributed by atoms with Crippen molar-refractivity contribution in [1.29, 1.82) is 10.8 Å². The molecule has 0 unspecified atom stereocenters. The fourth-order valence-electron chi connectivity index (χ4n) is 4.61. The van der Waals surface area contributed by atoms with Crippen LogP contribution in [0.1, 0.15) is 56.8 Å². The van der Waals surface area contributed by atoms with Crippen LogP contribution < -0.4 is 5.32 Å². The molecule has 1 aliphatic heterocycles. The summed E-state index contributed by atoms with van der Waals surface area (Å²) in [4.78, 5) is 6.72. The highest BCUT2D eigenvalue weighted by Gasteiger charge is 2.40. The molecule has 0 amide bonds. The summed E-state index contributed by atoms with van der Waals surface area (Å²) in [5.74, 6) is -2.05. The molecule has 0 spiro atoms. The number of hydrogen-bond donors (Lipinski definition) is 3. The van der Waals surface area contributed by atoms with Gasteiger partial charge >= 0.3 is 0 Å². The zero-order chi connectivity index (χ0) is 24.0. The number of hydrogen-bond acceptors (Lipinski definition) is 6. The Morgan fingerprint density at radius 3 is 2.25 bits per heavy atom. The van der Waals surface area contributed by atoms with Gasteiger partial charge in [-0.2, -0.15) is 0 Å². The predicted molar refractivity (Wildman–Crippen MR) is 131 cm³/mol. The van der Waals surface area contributed by atoms with Gasteiger partial charge in [0.15, 0.2) is 16.8 Å². The van der Waals surface area contributed by atoms with Crippen molar-refractivity contribution >= 4 is 33.3 Å². The number of rotatable bonds is 3. The lowest BCUT2D eigenvalue weighted by Gasteiger charge is -2.49. The van der Waals surface area contributed by atoms with Crippen molar-refractivity contribution in [3.63, 3.8) is 0 Å². The average Bonchev–Trinajstić information content (AvgIpc) is 2.98. The van der Waals surface area contributed by atoms with Crippen molar-refractivity contribution in [3.05, 3.63) is 40.0 Å². The number of halogens is 2. The van der Waals surface area contributed by atoms with E-state index < -0.39 is 11.6 Å². The Kier molecular flexibility index (Phi) is 6.85. The molecule has 32 heavy (non-hydrogen) atoms. The predicted octanol–water partition coefficient (Wildman–Crippen LogP) is 5.94. The molecule has 5 nitrogen and oxygen atoms in total. The number of benzene rings is 1. The van der Waals surface area contributed by atoms with E-state index in [1.165, 1.54) is 23.5 Å². The summed E-state index contributed by atoms with van der Waals surface area (Å²) in [5, 5.41) is 21.2. The van der Waals surface area contributed by atoms with Gasteiger partial charge in [-0.05, 0) is 78.3 Å². The second-order valence-corrected chi connectivity index (χ2v) is 11.9. The SMILES string of the molecule is Cc1nc(C)c(-c2ccc(C(=N)SC(=N)N(C)C3CC(C)(C)NC(C)(C)C3)c(F)c2F)s1. The Balaban J connectivity index is 1.77. The number of nitrogens with one attached hydrogen (secondary N) is 3. The fraction of sp³-hybridized carbons (Fsp3) is 0.522. The third kappa shape index (κ3) is 5.21. The van der Waals surface area contributed by atoms with Crippen molar-refractivity contribution < 1.29 is 8.78 Å². The highest BCUT2D eigenvalue weighted by atomic mass is 32.2. The zero-order valence-corrected chi connectivity index (χ0v) is 21.2. The molecule has 9 heteroatoms. The molecule has 3 N–H and O–H groups in total. The monoisotopic (exact) mass is 479 g/mol. The minimum absolute atomic E-state index is 0.0860. The molecular weight excluding hydrogens is 448 g/mol. The summed E-state index contributed by atoms with van der Waals surface area (Å²) in [7, 11) is 1.83. The van der Waals surface area contributed by atoms with Gasteiger partial charge in [0.05, 0.1) is 15.6 Å². The molecule has 2 aromatic rings. The van der Waals surface area contributed by atoms with E-state index in [0.717, 1.165) is 29.6 Å². The second kappa shape index (κ2) is 8.83. The first kappa shape index (κ1) is 24.8. The minimum atomic E-state index is -1.06. The van der Waals surface area contributed by atoms with Gasteiger partial charge in [-0.25, -0.2) is 13.8 Å². The Morgan fingerprint density at radius 1 is 1.12 bits per heavy atom. The molecule has 1 saturated heterocycles. The second-order valence-electron chi connectivity index (χ2n) is 9.74. The van der Waals surface area contributed by atoms with Crippen LogP contribution in [-0.4, -0.2) is 44.3 Å². The highest BCUT2D eigenvalue weighted by molar-refractivity contribution is 8.26. The van der Waals surface area contributed by atoms with Crippen LogP contribution in [0.4, 0.5) is 8.78 Å². The van der Waals surface area contributed by atoms with Gasteiger partial charge in [0.2, 0.25) is 0 Å². The number of piperidine rings is 1. The third-order valence-electron chi connectivity index (χ3n) is 5.71. The molecule has 0 aliphatic carbocycles. The summed E-state index contributed by atoms with van der Waals surface area (Å²) < 4.78 is 29.8. The molecule has 1 aromatic heterocycles. The van der Waals surface area contributed by atoms with E-state index >= 15 is 0 Å². The van der Waals surface area contributed by atoms with Crippen LogP contribution in [0.5, 0.6) is 0 Å². The van der Waals surface area contributed by atoms with E-state index in [-0.39, 0.29) is 38.5 Å². The molecule has 2 heterocycles. The van der Waals surface area contributed by atoms with Gasteiger partial charge in [0, 0.05) is 35.3 Å². The molecule has 1 fully saturated rings. The van der Waals surface area contributed by atoms with Gasteiger partial charge in [0.1, 0.15) is 5.04 Å². The number of thioether (sulfide) groups is 1. The maximum atomic E-state index is 14.9. The van der Waals surface area contributed by atoms with Crippen LogP contribution in [0, 0.1) is 36.3 Å². The molecular formula is C23H31F2N5S2. The molecule has 0 saturated carbocycles. The van der Waals surface area contributed by atoms with Gasteiger partial charge in [-0.3, -0.25) is 10.8 Å². The third-order valence-corrected chi connectivity index (χ3v) is 7.72. The van der Waals surface area contributed by atoms with E-state index in [9.17, 15) is 8.78 Å². The molecule has 3 rings (SSSR count). The summed E-state index contributed by atoms with van der Waals surface area (Å²) in [6, 6.07) is 3.02. The Bertz CT molecular complexity index is 1040. The molecule has 174 valence electrons. The summed E-state index contributed by atoms with van der Waals surface area (Å²) in [6.45, 7) is 12.1. The van der Waals surface area contributed by atoms with Gasteiger partial charge < -0.3 is 10.2 Å². The van der Waals surface area contributed by atoms with Crippen LogP contribution in [0.25, 0.3) is 10.4 Å². The van der Waals surface area contributed by atoms with E-state index in [4.69, 9.17) is 10.8 Å². The normalized spacial score (nSPS) is 17.9. The standard InChI is InChI=1S/C23H31F2N5S2/c1-12-19(31-13(2)28-12)15-8-9-16(18(25)17(15)24)20(26)32-21(27)30(7)14-10-22(3,4)29-23(5,6)11-14/h8-9,14,26-27,29H,10-11H2,1-7H3.